The molecule has 1 aliphatic heterocycles. The Labute approximate surface area is 167 Å². The summed E-state index contributed by atoms with van der Waals surface area (Å²) in [5.74, 6) is 0.511. The third-order valence-electron chi connectivity index (χ3n) is 6.07. The van der Waals surface area contributed by atoms with Gasteiger partial charge in [-0.1, -0.05) is 19.1 Å². The predicted molar refractivity (Wildman–Crippen MR) is 107 cm³/mol. The Bertz CT molecular complexity index is 821. The van der Waals surface area contributed by atoms with Crippen molar-refractivity contribution in [1.82, 2.24) is 9.62 Å². The summed E-state index contributed by atoms with van der Waals surface area (Å²) in [4.78, 5) is 24.3. The number of rotatable bonds is 5. The molecule has 154 valence electrons. The summed E-state index contributed by atoms with van der Waals surface area (Å²) in [7, 11) is -3.65. The van der Waals surface area contributed by atoms with Crippen LogP contribution < -0.4 is 5.32 Å². The molecule has 1 saturated carbocycles. The van der Waals surface area contributed by atoms with Crippen LogP contribution >= 0.6 is 0 Å². The highest BCUT2D eigenvalue weighted by atomic mass is 32.2. The summed E-state index contributed by atoms with van der Waals surface area (Å²) in [6.07, 6.45) is 5.43. The van der Waals surface area contributed by atoms with Gasteiger partial charge in [0.2, 0.25) is 15.9 Å². The van der Waals surface area contributed by atoms with Crippen LogP contribution in [0.15, 0.2) is 29.2 Å². The van der Waals surface area contributed by atoms with E-state index in [2.05, 4.69) is 12.2 Å². The Morgan fingerprint density at radius 1 is 1.04 bits per heavy atom. The minimum Gasteiger partial charge on any atom is -0.353 e. The molecule has 0 atom stereocenters. The molecule has 7 heteroatoms. The second-order valence-electron chi connectivity index (χ2n) is 8.23. The number of ketones is 1. The molecule has 0 bridgehead atoms. The number of hydrogen-bond donors (Lipinski definition) is 1. The zero-order valence-corrected chi connectivity index (χ0v) is 17.5. The summed E-state index contributed by atoms with van der Waals surface area (Å²) in [6, 6.07) is 6.42. The standard InChI is InChI=1S/C21H30N2O4S/c1-15-6-8-19(9-7-15)22-21(25)17-10-12-23(13-11-17)28(26,27)20-5-3-4-18(14-20)16(2)24/h3-5,14-15,17,19H,6-13H2,1-2H3,(H,22,25). The van der Waals surface area contributed by atoms with E-state index in [0.29, 0.717) is 31.5 Å². The van der Waals surface area contributed by atoms with Crippen molar-refractivity contribution in [3.8, 4) is 0 Å². The normalized spacial score (nSPS) is 24.6. The first-order valence-electron chi connectivity index (χ1n) is 10.2. The second kappa shape index (κ2) is 8.74. The maximum Gasteiger partial charge on any atom is 0.243 e. The lowest BCUT2D eigenvalue weighted by molar-refractivity contribution is -0.127. The molecule has 3 rings (SSSR count). The number of sulfonamides is 1. The first kappa shape index (κ1) is 21.0. The van der Waals surface area contributed by atoms with Crippen molar-refractivity contribution in [2.24, 2.45) is 11.8 Å². The lowest BCUT2D eigenvalue weighted by Crippen LogP contribution is -2.46. The quantitative estimate of drug-likeness (QED) is 0.762. The number of piperidine rings is 1. The summed E-state index contributed by atoms with van der Waals surface area (Å²) in [5.41, 5.74) is 0.386. The Morgan fingerprint density at radius 2 is 1.68 bits per heavy atom. The number of Topliss-reactive ketones (excluding diaryl/α,β-unsaturated/α-hetero) is 1. The van der Waals surface area contributed by atoms with Gasteiger partial charge in [0.05, 0.1) is 4.90 Å². The van der Waals surface area contributed by atoms with Gasteiger partial charge in [0, 0.05) is 30.6 Å². The molecule has 2 aliphatic rings. The molecule has 1 N–H and O–H groups in total. The van der Waals surface area contributed by atoms with E-state index in [1.807, 2.05) is 0 Å². The van der Waals surface area contributed by atoms with Gasteiger partial charge in [0.1, 0.15) is 0 Å². The third-order valence-corrected chi connectivity index (χ3v) is 7.96. The van der Waals surface area contributed by atoms with Crippen molar-refractivity contribution < 1.29 is 18.0 Å². The highest BCUT2D eigenvalue weighted by Crippen LogP contribution is 2.27. The fourth-order valence-electron chi connectivity index (χ4n) is 4.11. The summed E-state index contributed by atoms with van der Waals surface area (Å²) in [6.45, 7) is 4.32. The molecule has 0 aromatic heterocycles. The number of benzene rings is 1. The topological polar surface area (TPSA) is 83.6 Å². The number of nitrogens with one attached hydrogen (secondary N) is 1. The number of carbonyl (C=O) groups excluding carboxylic acids is 2. The Kier molecular flexibility index (Phi) is 6.55. The van der Waals surface area contributed by atoms with E-state index in [9.17, 15) is 18.0 Å². The number of carbonyl (C=O) groups is 2. The van der Waals surface area contributed by atoms with Crippen LogP contribution in [-0.2, 0) is 14.8 Å². The van der Waals surface area contributed by atoms with Crippen LogP contribution in [0.2, 0.25) is 0 Å². The fourth-order valence-corrected chi connectivity index (χ4v) is 5.62. The highest BCUT2D eigenvalue weighted by Gasteiger charge is 2.33. The molecule has 6 nitrogen and oxygen atoms in total. The molecule has 1 aliphatic carbocycles. The van der Waals surface area contributed by atoms with Gasteiger partial charge in [-0.3, -0.25) is 9.59 Å². The van der Waals surface area contributed by atoms with Gasteiger partial charge in [-0.15, -0.1) is 0 Å². The SMILES string of the molecule is CC(=O)c1cccc(S(=O)(=O)N2CCC(C(=O)NC3CCC(C)CC3)CC2)c1. The Morgan fingerprint density at radius 3 is 2.29 bits per heavy atom. The van der Waals surface area contributed by atoms with Crippen LogP contribution in [0, 0.1) is 11.8 Å². The molecular formula is C21H30N2O4S. The molecule has 1 saturated heterocycles. The third kappa shape index (κ3) is 4.81. The molecule has 0 unspecified atom stereocenters. The van der Waals surface area contributed by atoms with Crippen LogP contribution in [0.3, 0.4) is 0 Å². The maximum atomic E-state index is 12.9. The monoisotopic (exact) mass is 406 g/mol. The van der Waals surface area contributed by atoms with Crippen LogP contribution in [0.5, 0.6) is 0 Å². The predicted octanol–water partition coefficient (Wildman–Crippen LogP) is 2.98. The largest absolute Gasteiger partial charge is 0.353 e. The van der Waals surface area contributed by atoms with Crippen molar-refractivity contribution in [1.29, 1.82) is 0 Å². The molecule has 1 aromatic rings. The van der Waals surface area contributed by atoms with Crippen molar-refractivity contribution in [3.05, 3.63) is 29.8 Å². The van der Waals surface area contributed by atoms with E-state index in [0.717, 1.165) is 31.6 Å². The average molecular weight is 407 g/mol. The van der Waals surface area contributed by atoms with Crippen molar-refractivity contribution in [2.45, 2.75) is 63.3 Å². The Hall–Kier alpha value is -1.73. The fraction of sp³-hybridized carbons (Fsp3) is 0.619. The van der Waals surface area contributed by atoms with Crippen molar-refractivity contribution >= 4 is 21.7 Å². The van der Waals surface area contributed by atoms with Gasteiger partial charge in [-0.2, -0.15) is 4.31 Å². The molecule has 0 radical (unpaired) electrons. The average Bonchev–Trinajstić information content (AvgIpc) is 2.70. The zero-order valence-electron chi connectivity index (χ0n) is 16.7. The van der Waals surface area contributed by atoms with E-state index >= 15 is 0 Å². The lowest BCUT2D eigenvalue weighted by atomic mass is 9.87. The molecule has 2 fully saturated rings. The molecule has 1 heterocycles. The first-order valence-corrected chi connectivity index (χ1v) is 11.6. The first-order chi connectivity index (χ1) is 13.3. The minimum atomic E-state index is -3.65. The van der Waals surface area contributed by atoms with Crippen LogP contribution in [-0.4, -0.2) is 43.5 Å². The molecule has 1 amide bonds. The lowest BCUT2D eigenvalue weighted by Gasteiger charge is -2.33. The van der Waals surface area contributed by atoms with Gasteiger partial charge < -0.3 is 5.32 Å². The summed E-state index contributed by atoms with van der Waals surface area (Å²) < 4.78 is 27.2. The van der Waals surface area contributed by atoms with Crippen LogP contribution in [0.1, 0.15) is 62.7 Å². The number of amides is 1. The van der Waals surface area contributed by atoms with Gasteiger partial charge in [-0.25, -0.2) is 8.42 Å². The van der Waals surface area contributed by atoms with Crippen LogP contribution in [0.25, 0.3) is 0 Å². The zero-order chi connectivity index (χ0) is 20.3. The molecular weight excluding hydrogens is 376 g/mol. The van der Waals surface area contributed by atoms with E-state index in [4.69, 9.17) is 0 Å². The summed E-state index contributed by atoms with van der Waals surface area (Å²) in [5, 5.41) is 3.17. The van der Waals surface area contributed by atoms with Crippen molar-refractivity contribution in [3.63, 3.8) is 0 Å². The highest BCUT2D eigenvalue weighted by molar-refractivity contribution is 7.89. The number of nitrogens with zero attached hydrogens (tertiary/aromatic N) is 1. The van der Waals surface area contributed by atoms with Crippen molar-refractivity contribution in [2.75, 3.05) is 13.1 Å². The maximum absolute atomic E-state index is 12.9. The van der Waals surface area contributed by atoms with Gasteiger partial charge in [0.25, 0.3) is 0 Å². The molecule has 0 spiro atoms. The van der Waals surface area contributed by atoms with E-state index < -0.39 is 10.0 Å². The number of hydrogen-bond acceptors (Lipinski definition) is 4. The van der Waals surface area contributed by atoms with E-state index in [-0.39, 0.29) is 28.5 Å². The second-order valence-corrected chi connectivity index (χ2v) is 10.2. The van der Waals surface area contributed by atoms with E-state index in [1.165, 1.54) is 23.4 Å². The Balaban J connectivity index is 1.57. The van der Waals surface area contributed by atoms with E-state index in [1.54, 1.807) is 12.1 Å². The van der Waals surface area contributed by atoms with Crippen LogP contribution in [0.4, 0.5) is 0 Å². The molecule has 1 aromatic carbocycles. The smallest absolute Gasteiger partial charge is 0.243 e. The minimum absolute atomic E-state index is 0.0650. The van der Waals surface area contributed by atoms with Gasteiger partial charge in [-0.05, 0) is 63.5 Å². The molecule has 28 heavy (non-hydrogen) atoms. The van der Waals surface area contributed by atoms with Gasteiger partial charge in [0.15, 0.2) is 5.78 Å². The van der Waals surface area contributed by atoms with Gasteiger partial charge >= 0.3 is 0 Å². The summed E-state index contributed by atoms with van der Waals surface area (Å²) >= 11 is 0.